The average Bonchev–Trinajstić information content (AvgIpc) is 2.66. The van der Waals surface area contributed by atoms with Gasteiger partial charge in [0.1, 0.15) is 5.78 Å². The first-order chi connectivity index (χ1) is 7.27. The van der Waals surface area contributed by atoms with Gasteiger partial charge >= 0.3 is 0 Å². The first kappa shape index (κ1) is 13.7. The van der Waals surface area contributed by atoms with E-state index in [2.05, 4.69) is 23.7 Å². The molecule has 16 heavy (non-hydrogen) atoms. The van der Waals surface area contributed by atoms with E-state index in [1.807, 2.05) is 0 Å². The van der Waals surface area contributed by atoms with Crippen LogP contribution in [0.2, 0.25) is 0 Å². The maximum absolute atomic E-state index is 12.0. The van der Waals surface area contributed by atoms with E-state index in [1.165, 1.54) is 10.4 Å². The van der Waals surface area contributed by atoms with Crippen LogP contribution >= 0.6 is 23.7 Å². The molecule has 4 heteroatoms. The molecule has 2 heterocycles. The van der Waals surface area contributed by atoms with E-state index < -0.39 is 0 Å². The molecule has 2 nitrogen and oxygen atoms in total. The lowest BCUT2D eigenvalue weighted by Crippen LogP contribution is -2.32. The van der Waals surface area contributed by atoms with Crippen LogP contribution in [0.4, 0.5) is 0 Å². The molecular formula is C12H18ClNOS. The van der Waals surface area contributed by atoms with Gasteiger partial charge in [0.25, 0.3) is 0 Å². The molecule has 90 valence electrons. The topological polar surface area (TPSA) is 29.1 Å². The number of rotatable bonds is 3. The smallest absolute Gasteiger partial charge is 0.141 e. The Kier molecular flexibility index (Phi) is 5.46. The summed E-state index contributed by atoms with van der Waals surface area (Å²) in [6.07, 6.45) is 2.68. The van der Waals surface area contributed by atoms with E-state index in [4.69, 9.17) is 0 Å². The van der Waals surface area contributed by atoms with Crippen LogP contribution in [0, 0.1) is 12.8 Å². The van der Waals surface area contributed by atoms with Crippen LogP contribution in [0.1, 0.15) is 23.3 Å². The number of aryl methyl sites for hydroxylation is 1. The second-order valence-corrected chi connectivity index (χ2v) is 5.19. The molecule has 0 atom stereocenters. The van der Waals surface area contributed by atoms with Gasteiger partial charge in [-0.15, -0.1) is 23.7 Å². The van der Waals surface area contributed by atoms with Gasteiger partial charge in [-0.25, -0.2) is 0 Å². The molecule has 2 rings (SSSR count). The highest BCUT2D eigenvalue weighted by Gasteiger charge is 2.21. The molecule has 1 saturated heterocycles. The first-order valence-electron chi connectivity index (χ1n) is 5.54. The molecule has 1 fully saturated rings. The number of hydrogen-bond acceptors (Lipinski definition) is 3. The summed E-state index contributed by atoms with van der Waals surface area (Å²) in [5, 5.41) is 5.36. The molecule has 0 radical (unpaired) electrons. The monoisotopic (exact) mass is 259 g/mol. The van der Waals surface area contributed by atoms with E-state index in [1.54, 1.807) is 11.3 Å². The van der Waals surface area contributed by atoms with Crippen LogP contribution in [-0.2, 0) is 11.2 Å². The Labute approximate surface area is 107 Å². The SMILES string of the molecule is Cc1ccsc1CC(=O)C1CCNCC1.Cl. The van der Waals surface area contributed by atoms with Gasteiger partial charge in [0.2, 0.25) is 0 Å². The van der Waals surface area contributed by atoms with Crippen molar-refractivity contribution in [1.29, 1.82) is 0 Å². The average molecular weight is 260 g/mol. The second-order valence-electron chi connectivity index (χ2n) is 4.19. The Morgan fingerprint density at radius 1 is 1.50 bits per heavy atom. The number of carbonyl (C=O) groups is 1. The number of piperidine rings is 1. The highest BCUT2D eigenvalue weighted by molar-refractivity contribution is 7.10. The Bertz CT molecular complexity index is 345. The van der Waals surface area contributed by atoms with Crippen LogP contribution in [0.15, 0.2) is 11.4 Å². The van der Waals surface area contributed by atoms with Crippen LogP contribution in [0.25, 0.3) is 0 Å². The normalized spacial score (nSPS) is 16.8. The minimum absolute atomic E-state index is 0. The Hall–Kier alpha value is -0.380. The fourth-order valence-corrected chi connectivity index (χ4v) is 2.95. The molecule has 1 aromatic rings. The maximum Gasteiger partial charge on any atom is 0.141 e. The van der Waals surface area contributed by atoms with Gasteiger partial charge in [-0.3, -0.25) is 4.79 Å². The zero-order valence-electron chi connectivity index (χ0n) is 9.49. The summed E-state index contributed by atoms with van der Waals surface area (Å²) in [6, 6.07) is 2.09. The van der Waals surface area contributed by atoms with Gasteiger partial charge in [-0.05, 0) is 49.9 Å². The highest BCUT2D eigenvalue weighted by Crippen LogP contribution is 2.21. The molecule has 0 aliphatic carbocycles. The van der Waals surface area contributed by atoms with Gasteiger partial charge in [-0.1, -0.05) is 0 Å². The number of hydrogen-bond donors (Lipinski definition) is 1. The zero-order valence-corrected chi connectivity index (χ0v) is 11.1. The summed E-state index contributed by atoms with van der Waals surface area (Å²) < 4.78 is 0. The lowest BCUT2D eigenvalue weighted by Gasteiger charge is -2.21. The Balaban J connectivity index is 0.00000128. The number of thiophene rings is 1. The standard InChI is InChI=1S/C12H17NOS.ClH/c1-9-4-7-15-12(9)8-11(14)10-2-5-13-6-3-10;/h4,7,10,13H,2-3,5-6,8H2,1H3;1H. The third-order valence-electron chi connectivity index (χ3n) is 3.10. The van der Waals surface area contributed by atoms with Crippen molar-refractivity contribution in [3.63, 3.8) is 0 Å². The Morgan fingerprint density at radius 2 is 2.19 bits per heavy atom. The quantitative estimate of drug-likeness (QED) is 0.904. The molecule has 0 amide bonds. The third kappa shape index (κ3) is 3.30. The third-order valence-corrected chi connectivity index (χ3v) is 4.12. The first-order valence-corrected chi connectivity index (χ1v) is 6.41. The molecule has 0 aromatic carbocycles. The summed E-state index contributed by atoms with van der Waals surface area (Å²) in [5.41, 5.74) is 1.27. The van der Waals surface area contributed by atoms with Crippen LogP contribution in [0.3, 0.4) is 0 Å². The van der Waals surface area contributed by atoms with Crippen molar-refractivity contribution in [1.82, 2.24) is 5.32 Å². The highest BCUT2D eigenvalue weighted by atomic mass is 35.5. The van der Waals surface area contributed by atoms with Gasteiger partial charge < -0.3 is 5.32 Å². The summed E-state index contributed by atoms with van der Waals surface area (Å²) >= 11 is 1.71. The minimum atomic E-state index is 0. The largest absolute Gasteiger partial charge is 0.317 e. The van der Waals surface area contributed by atoms with Crippen LogP contribution in [0.5, 0.6) is 0 Å². The van der Waals surface area contributed by atoms with Crippen molar-refractivity contribution < 1.29 is 4.79 Å². The minimum Gasteiger partial charge on any atom is -0.317 e. The molecule has 0 unspecified atom stereocenters. The van der Waals surface area contributed by atoms with E-state index in [0.29, 0.717) is 18.1 Å². The molecule has 1 aromatic heterocycles. The van der Waals surface area contributed by atoms with Gasteiger partial charge in [0, 0.05) is 17.2 Å². The molecule has 1 N–H and O–H groups in total. The lowest BCUT2D eigenvalue weighted by atomic mass is 9.91. The van der Waals surface area contributed by atoms with Crippen molar-refractivity contribution in [2.24, 2.45) is 5.92 Å². The maximum atomic E-state index is 12.0. The van der Waals surface area contributed by atoms with Crippen LogP contribution < -0.4 is 5.32 Å². The molecular weight excluding hydrogens is 242 g/mol. The molecule has 0 spiro atoms. The van der Waals surface area contributed by atoms with E-state index in [0.717, 1.165) is 25.9 Å². The molecule has 0 bridgehead atoms. The fourth-order valence-electron chi connectivity index (χ4n) is 2.03. The van der Waals surface area contributed by atoms with Gasteiger partial charge in [-0.2, -0.15) is 0 Å². The number of carbonyl (C=O) groups excluding carboxylic acids is 1. The zero-order chi connectivity index (χ0) is 10.7. The van der Waals surface area contributed by atoms with E-state index in [-0.39, 0.29) is 12.4 Å². The predicted molar refractivity (Wildman–Crippen MR) is 70.6 cm³/mol. The van der Waals surface area contributed by atoms with Crippen molar-refractivity contribution in [2.75, 3.05) is 13.1 Å². The molecule has 0 saturated carbocycles. The van der Waals surface area contributed by atoms with E-state index >= 15 is 0 Å². The molecule has 1 aliphatic rings. The number of nitrogens with one attached hydrogen (secondary N) is 1. The summed E-state index contributed by atoms with van der Waals surface area (Å²) in [5.74, 6) is 0.731. The Morgan fingerprint density at radius 3 is 2.75 bits per heavy atom. The number of Topliss-reactive ketones (excluding diaryl/α,β-unsaturated/α-hetero) is 1. The summed E-state index contributed by atoms with van der Waals surface area (Å²) in [6.45, 7) is 4.08. The van der Waals surface area contributed by atoms with Crippen molar-refractivity contribution in [2.45, 2.75) is 26.2 Å². The molecule has 1 aliphatic heterocycles. The number of halogens is 1. The summed E-state index contributed by atoms with van der Waals surface area (Å²) in [7, 11) is 0. The number of ketones is 1. The second kappa shape index (κ2) is 6.38. The van der Waals surface area contributed by atoms with Crippen molar-refractivity contribution >= 4 is 29.5 Å². The van der Waals surface area contributed by atoms with Gasteiger partial charge in [0.15, 0.2) is 0 Å². The lowest BCUT2D eigenvalue weighted by molar-refractivity contribution is -0.122. The predicted octanol–water partition coefficient (Wildman–Crippen LogP) is 2.59. The van der Waals surface area contributed by atoms with Crippen molar-refractivity contribution in [3.05, 3.63) is 21.9 Å². The summed E-state index contributed by atoms with van der Waals surface area (Å²) in [4.78, 5) is 13.2. The van der Waals surface area contributed by atoms with Gasteiger partial charge in [0.05, 0.1) is 0 Å². The fraction of sp³-hybridized carbons (Fsp3) is 0.583. The van der Waals surface area contributed by atoms with Crippen LogP contribution in [-0.4, -0.2) is 18.9 Å². The van der Waals surface area contributed by atoms with E-state index in [9.17, 15) is 4.79 Å². The van der Waals surface area contributed by atoms with Crippen molar-refractivity contribution in [3.8, 4) is 0 Å².